The number of Topliss-reactive ketones (excluding diaryl/α,β-unsaturated/α-hetero) is 1. The van der Waals surface area contributed by atoms with E-state index in [0.717, 1.165) is 0 Å². The van der Waals surface area contributed by atoms with Gasteiger partial charge < -0.3 is 15.0 Å². The molecule has 6 nitrogen and oxygen atoms in total. The van der Waals surface area contributed by atoms with Crippen molar-refractivity contribution in [2.24, 2.45) is 0 Å². The minimum atomic E-state index is -0.558. The number of ether oxygens (including phenoxy) is 1. The van der Waals surface area contributed by atoms with Gasteiger partial charge in [0, 0.05) is 25.5 Å². The van der Waals surface area contributed by atoms with Crippen molar-refractivity contribution in [1.29, 1.82) is 0 Å². The van der Waals surface area contributed by atoms with Gasteiger partial charge in [-0.25, -0.2) is 0 Å². The van der Waals surface area contributed by atoms with Crippen LogP contribution in [0.2, 0.25) is 5.02 Å². The van der Waals surface area contributed by atoms with E-state index >= 15 is 0 Å². The third-order valence-corrected chi connectivity index (χ3v) is 4.68. The smallest absolute Gasteiger partial charge is 0.267 e. The van der Waals surface area contributed by atoms with Crippen LogP contribution in [0, 0.1) is 0 Å². The topological polar surface area (TPSA) is 75.7 Å². The van der Waals surface area contributed by atoms with Gasteiger partial charge in [-0.3, -0.25) is 14.4 Å². The van der Waals surface area contributed by atoms with E-state index in [-0.39, 0.29) is 30.4 Å². The zero-order chi connectivity index (χ0) is 19.6. The number of rotatable bonds is 5. The molecule has 0 saturated carbocycles. The van der Waals surface area contributed by atoms with Crippen LogP contribution in [0.1, 0.15) is 30.1 Å². The largest absolute Gasteiger partial charge is 0.479 e. The van der Waals surface area contributed by atoms with Crippen molar-refractivity contribution < 1.29 is 19.1 Å². The molecule has 1 unspecified atom stereocenters. The summed E-state index contributed by atoms with van der Waals surface area (Å²) in [7, 11) is 1.64. The van der Waals surface area contributed by atoms with Gasteiger partial charge in [0.05, 0.1) is 16.4 Å². The molecular formula is C20H19ClN2O4. The van der Waals surface area contributed by atoms with E-state index in [0.29, 0.717) is 27.7 Å². The zero-order valence-corrected chi connectivity index (χ0v) is 15.7. The number of hydrogen-bond donors (Lipinski definition) is 1. The molecule has 3 rings (SSSR count). The molecule has 27 heavy (non-hydrogen) atoms. The van der Waals surface area contributed by atoms with Gasteiger partial charge in [-0.1, -0.05) is 23.7 Å². The number of carbonyl (C=O) groups is 3. The molecule has 7 heteroatoms. The first-order chi connectivity index (χ1) is 12.9. The molecule has 1 aliphatic heterocycles. The van der Waals surface area contributed by atoms with Gasteiger partial charge in [-0.05, 0) is 37.3 Å². The Hall–Kier alpha value is -2.86. The molecule has 0 radical (unpaired) electrons. The van der Waals surface area contributed by atoms with E-state index in [2.05, 4.69) is 5.32 Å². The lowest BCUT2D eigenvalue weighted by Crippen LogP contribution is -2.42. The van der Waals surface area contributed by atoms with E-state index in [1.807, 2.05) is 0 Å². The highest BCUT2D eigenvalue weighted by atomic mass is 35.5. The van der Waals surface area contributed by atoms with Crippen molar-refractivity contribution in [2.75, 3.05) is 17.3 Å². The molecule has 0 fully saturated rings. The first-order valence-electron chi connectivity index (χ1n) is 8.52. The van der Waals surface area contributed by atoms with E-state index in [9.17, 15) is 14.4 Å². The molecule has 140 valence electrons. The number of para-hydroxylation sites is 1. The SMILES string of the molecule is CC1Oc2ccc(C(=O)CCC(=O)Nc3ccccc3Cl)cc2N(C)C1=O. The molecular weight excluding hydrogens is 368 g/mol. The lowest BCUT2D eigenvalue weighted by atomic mass is 10.0. The number of carbonyl (C=O) groups excluding carboxylic acids is 3. The summed E-state index contributed by atoms with van der Waals surface area (Å²) in [6, 6.07) is 11.8. The van der Waals surface area contributed by atoms with Crippen LogP contribution in [0.25, 0.3) is 0 Å². The predicted molar refractivity (Wildman–Crippen MR) is 104 cm³/mol. The minimum Gasteiger partial charge on any atom is -0.479 e. The highest BCUT2D eigenvalue weighted by molar-refractivity contribution is 6.33. The molecule has 2 aromatic rings. The van der Waals surface area contributed by atoms with Crippen LogP contribution in [0.3, 0.4) is 0 Å². The first kappa shape index (κ1) is 18.9. The van der Waals surface area contributed by atoms with Crippen molar-refractivity contribution in [1.82, 2.24) is 0 Å². The molecule has 1 aliphatic rings. The van der Waals surface area contributed by atoms with Crippen LogP contribution in [0.5, 0.6) is 5.75 Å². The number of halogens is 1. The number of fused-ring (bicyclic) bond motifs is 1. The van der Waals surface area contributed by atoms with Crippen molar-refractivity contribution in [3.8, 4) is 5.75 Å². The van der Waals surface area contributed by atoms with E-state index in [4.69, 9.17) is 16.3 Å². The molecule has 0 aromatic heterocycles. The van der Waals surface area contributed by atoms with Gasteiger partial charge in [0.15, 0.2) is 11.9 Å². The molecule has 0 aliphatic carbocycles. The molecule has 2 amide bonds. The second-order valence-electron chi connectivity index (χ2n) is 6.29. The second kappa shape index (κ2) is 7.80. The fourth-order valence-corrected chi connectivity index (χ4v) is 3.01. The summed E-state index contributed by atoms with van der Waals surface area (Å²) in [5.74, 6) is -0.103. The van der Waals surface area contributed by atoms with Gasteiger partial charge in [0.2, 0.25) is 5.91 Å². The lowest BCUT2D eigenvalue weighted by molar-refractivity contribution is -0.125. The molecule has 0 bridgehead atoms. The van der Waals surface area contributed by atoms with Gasteiger partial charge in [-0.2, -0.15) is 0 Å². The Morgan fingerprint density at radius 3 is 2.67 bits per heavy atom. The second-order valence-corrected chi connectivity index (χ2v) is 6.70. The Labute approximate surface area is 162 Å². The van der Waals surface area contributed by atoms with Crippen molar-refractivity contribution in [2.45, 2.75) is 25.9 Å². The fraction of sp³-hybridized carbons (Fsp3) is 0.250. The van der Waals surface area contributed by atoms with Crippen LogP contribution in [0.4, 0.5) is 11.4 Å². The Morgan fingerprint density at radius 2 is 1.93 bits per heavy atom. The van der Waals surface area contributed by atoms with Crippen LogP contribution >= 0.6 is 11.6 Å². The molecule has 2 aromatic carbocycles. The summed E-state index contributed by atoms with van der Waals surface area (Å²) in [5, 5.41) is 3.13. The van der Waals surface area contributed by atoms with E-state index in [1.165, 1.54) is 4.90 Å². The summed E-state index contributed by atoms with van der Waals surface area (Å²) in [4.78, 5) is 38.0. The summed E-state index contributed by atoms with van der Waals surface area (Å²) < 4.78 is 5.55. The number of hydrogen-bond acceptors (Lipinski definition) is 4. The van der Waals surface area contributed by atoms with Gasteiger partial charge >= 0.3 is 0 Å². The monoisotopic (exact) mass is 386 g/mol. The summed E-state index contributed by atoms with van der Waals surface area (Å²) >= 11 is 6.00. The number of nitrogens with one attached hydrogen (secondary N) is 1. The normalized spacial score (nSPS) is 15.7. The van der Waals surface area contributed by atoms with Crippen LogP contribution in [-0.4, -0.2) is 30.7 Å². The number of anilines is 2. The van der Waals surface area contributed by atoms with Gasteiger partial charge in [0.1, 0.15) is 5.75 Å². The molecule has 1 heterocycles. The van der Waals surface area contributed by atoms with Gasteiger partial charge in [0.25, 0.3) is 5.91 Å². The van der Waals surface area contributed by atoms with Crippen LogP contribution < -0.4 is 15.0 Å². The molecule has 1 atom stereocenters. The Balaban J connectivity index is 1.64. The average Bonchev–Trinajstić information content (AvgIpc) is 2.66. The quantitative estimate of drug-likeness (QED) is 0.795. The summed E-state index contributed by atoms with van der Waals surface area (Å²) in [6.07, 6.45) is -0.481. The fourth-order valence-electron chi connectivity index (χ4n) is 2.83. The minimum absolute atomic E-state index is 0.0312. The highest BCUT2D eigenvalue weighted by Crippen LogP contribution is 2.34. The standard InChI is InChI=1S/C20H19ClN2O4/c1-12-20(26)23(2)16-11-13(7-9-18(16)27-12)17(24)8-10-19(25)22-15-6-4-3-5-14(15)21/h3-7,9,11-12H,8,10H2,1-2H3,(H,22,25). The van der Waals surface area contributed by atoms with Crippen molar-refractivity contribution in [3.05, 3.63) is 53.1 Å². The number of nitrogens with zero attached hydrogens (tertiary/aromatic N) is 1. The van der Waals surface area contributed by atoms with Crippen LogP contribution in [0.15, 0.2) is 42.5 Å². The molecule has 0 saturated heterocycles. The van der Waals surface area contributed by atoms with Crippen molar-refractivity contribution in [3.63, 3.8) is 0 Å². The number of benzene rings is 2. The predicted octanol–water partition coefficient (Wildman–Crippen LogP) is 3.69. The van der Waals surface area contributed by atoms with Crippen molar-refractivity contribution >= 4 is 40.6 Å². The molecule has 1 N–H and O–H groups in total. The van der Waals surface area contributed by atoms with E-state index in [1.54, 1.807) is 56.4 Å². The Kier molecular flexibility index (Phi) is 5.46. The van der Waals surface area contributed by atoms with Crippen LogP contribution in [-0.2, 0) is 9.59 Å². The number of ketones is 1. The average molecular weight is 387 g/mol. The number of likely N-dealkylation sites (N-methyl/N-ethyl adjacent to an activating group) is 1. The lowest BCUT2D eigenvalue weighted by Gasteiger charge is -2.30. The first-order valence-corrected chi connectivity index (χ1v) is 8.90. The molecule has 0 spiro atoms. The maximum absolute atomic E-state index is 12.5. The third kappa shape index (κ3) is 4.11. The zero-order valence-electron chi connectivity index (χ0n) is 15.0. The number of amides is 2. The Morgan fingerprint density at radius 1 is 1.19 bits per heavy atom. The van der Waals surface area contributed by atoms with Gasteiger partial charge in [-0.15, -0.1) is 0 Å². The maximum Gasteiger partial charge on any atom is 0.267 e. The maximum atomic E-state index is 12.5. The summed E-state index contributed by atoms with van der Waals surface area (Å²) in [6.45, 7) is 1.68. The van der Waals surface area contributed by atoms with E-state index < -0.39 is 6.10 Å². The Bertz CT molecular complexity index is 913. The summed E-state index contributed by atoms with van der Waals surface area (Å²) in [5.41, 5.74) is 1.48. The highest BCUT2D eigenvalue weighted by Gasteiger charge is 2.29. The third-order valence-electron chi connectivity index (χ3n) is 4.35.